The minimum absolute atomic E-state index is 0.210. The second kappa shape index (κ2) is 42.1. The van der Waals surface area contributed by atoms with Gasteiger partial charge in [-0.15, -0.1) is 0 Å². The Kier molecular flexibility index (Phi) is 41.0. The van der Waals surface area contributed by atoms with Crippen LogP contribution in [0.2, 0.25) is 0 Å². The summed E-state index contributed by atoms with van der Waals surface area (Å²) in [5, 5.41) is 0. The van der Waals surface area contributed by atoms with Gasteiger partial charge >= 0.3 is 19.8 Å². The number of hydrogen-bond acceptors (Lipinski definition) is 6. The average Bonchev–Trinajstić information content (AvgIpc) is 3.16. The fourth-order valence-electron chi connectivity index (χ4n) is 6.76. The highest BCUT2D eigenvalue weighted by Crippen LogP contribution is 2.36. The monoisotopic (exact) mass is 799 g/mol. The predicted molar refractivity (Wildman–Crippen MR) is 230 cm³/mol. The zero-order chi connectivity index (χ0) is 40.3. The molecule has 0 aliphatic rings. The maximum Gasteiger partial charge on any atom is 0.469 e. The summed E-state index contributed by atoms with van der Waals surface area (Å²) < 4.78 is 26.5. The lowest BCUT2D eigenvalue weighted by Gasteiger charge is -2.18. The van der Waals surface area contributed by atoms with E-state index in [1.54, 1.807) is 0 Å². The van der Waals surface area contributed by atoms with Crippen molar-refractivity contribution in [3.8, 4) is 0 Å². The summed E-state index contributed by atoms with van der Waals surface area (Å²) in [7, 11) is -4.75. The third-order valence-corrected chi connectivity index (χ3v) is 10.7. The molecule has 0 aromatic heterocycles. The van der Waals surface area contributed by atoms with Crippen molar-refractivity contribution in [2.24, 2.45) is 0 Å². The molecule has 0 amide bonds. The van der Waals surface area contributed by atoms with E-state index in [-0.39, 0.29) is 19.4 Å². The lowest BCUT2D eigenvalue weighted by Crippen LogP contribution is -2.29. The molecule has 2 N–H and O–H groups in total. The Hall–Kier alpha value is -1.47. The first-order valence-corrected chi connectivity index (χ1v) is 24.7. The molecular formula is C46H87O8P. The van der Waals surface area contributed by atoms with Gasteiger partial charge in [0.1, 0.15) is 6.61 Å². The molecule has 9 heteroatoms. The largest absolute Gasteiger partial charge is 0.469 e. The smallest absolute Gasteiger partial charge is 0.462 e. The van der Waals surface area contributed by atoms with Crippen LogP contribution in [0, 0.1) is 0 Å². The van der Waals surface area contributed by atoms with Gasteiger partial charge in [0, 0.05) is 12.8 Å². The zero-order valence-electron chi connectivity index (χ0n) is 35.8. The summed E-state index contributed by atoms with van der Waals surface area (Å²) in [5.41, 5.74) is 0. The Labute approximate surface area is 339 Å². The number of carbonyl (C=O) groups is 2. The van der Waals surface area contributed by atoms with Crippen molar-refractivity contribution in [2.75, 3.05) is 13.2 Å². The predicted octanol–water partition coefficient (Wildman–Crippen LogP) is 14.4. The van der Waals surface area contributed by atoms with Gasteiger partial charge in [-0.25, -0.2) is 4.57 Å². The van der Waals surface area contributed by atoms with Gasteiger partial charge < -0.3 is 19.3 Å². The molecule has 0 aliphatic carbocycles. The fourth-order valence-corrected chi connectivity index (χ4v) is 7.12. The van der Waals surface area contributed by atoms with Crippen LogP contribution in [0.5, 0.6) is 0 Å². The third kappa shape index (κ3) is 45.1. The molecule has 0 aliphatic heterocycles. The fraction of sp³-hybridized carbons (Fsp3) is 0.870. The van der Waals surface area contributed by atoms with Gasteiger partial charge in [-0.05, 0) is 44.9 Å². The highest BCUT2D eigenvalue weighted by Gasteiger charge is 2.23. The van der Waals surface area contributed by atoms with Gasteiger partial charge in [0.15, 0.2) is 6.10 Å². The number of carbonyl (C=O) groups excluding carboxylic acids is 2. The van der Waals surface area contributed by atoms with E-state index in [9.17, 15) is 14.2 Å². The second-order valence-corrected chi connectivity index (χ2v) is 17.0. The molecule has 55 heavy (non-hydrogen) atoms. The van der Waals surface area contributed by atoms with Crippen LogP contribution < -0.4 is 0 Å². The van der Waals surface area contributed by atoms with Gasteiger partial charge in [-0.2, -0.15) is 0 Å². The number of hydrogen-bond donors (Lipinski definition) is 2. The number of phosphoric acid groups is 1. The molecule has 0 fully saturated rings. The van der Waals surface area contributed by atoms with E-state index in [2.05, 4.69) is 42.7 Å². The van der Waals surface area contributed by atoms with Crippen molar-refractivity contribution >= 4 is 19.8 Å². The summed E-state index contributed by atoms with van der Waals surface area (Å²) >= 11 is 0. The number of unbranched alkanes of at least 4 members (excludes halogenated alkanes) is 29. The Morgan fingerprint density at radius 1 is 0.473 bits per heavy atom. The van der Waals surface area contributed by atoms with Crippen LogP contribution in [0.1, 0.15) is 239 Å². The highest BCUT2D eigenvalue weighted by atomic mass is 31.2. The molecule has 324 valence electrons. The minimum Gasteiger partial charge on any atom is -0.462 e. The lowest BCUT2D eigenvalue weighted by atomic mass is 10.0. The van der Waals surface area contributed by atoms with Gasteiger partial charge in [0.25, 0.3) is 0 Å². The van der Waals surface area contributed by atoms with Crippen molar-refractivity contribution in [1.82, 2.24) is 0 Å². The average molecular weight is 799 g/mol. The molecule has 0 heterocycles. The van der Waals surface area contributed by atoms with Crippen LogP contribution in [-0.2, 0) is 28.2 Å². The summed E-state index contributed by atoms with van der Waals surface area (Å²) in [6.07, 6.45) is 49.0. The van der Waals surface area contributed by atoms with Crippen LogP contribution in [0.3, 0.4) is 0 Å². The van der Waals surface area contributed by atoms with E-state index in [0.717, 1.165) is 51.4 Å². The van der Waals surface area contributed by atoms with Gasteiger partial charge in [0.05, 0.1) is 6.61 Å². The van der Waals surface area contributed by atoms with Crippen molar-refractivity contribution in [1.29, 1.82) is 0 Å². The normalized spacial score (nSPS) is 12.6. The Bertz CT molecular complexity index is 946. The van der Waals surface area contributed by atoms with E-state index in [0.29, 0.717) is 6.42 Å². The molecule has 0 saturated carbocycles. The zero-order valence-corrected chi connectivity index (χ0v) is 36.7. The molecular weight excluding hydrogens is 711 g/mol. The molecule has 1 unspecified atom stereocenters. The Morgan fingerprint density at radius 3 is 1.24 bits per heavy atom. The molecule has 0 saturated heterocycles. The number of allylic oxidation sites excluding steroid dienone is 4. The molecule has 0 aromatic rings. The maximum atomic E-state index is 12.4. The standard InChI is InChI=1S/C46H87O8P/c1-3-5-7-9-11-13-15-17-19-21-23-25-27-29-31-33-35-37-39-41-46(48)54-44(43-53-55(49,50)51)42-52-45(47)40-38-36-34-32-30-28-26-24-22-20-18-16-14-12-10-8-6-4-2/h11,13,17,19,44H,3-10,12,14-16,18,20-43H2,1-2H3,(H2,49,50,51)/b13-11-,19-17-. The van der Waals surface area contributed by atoms with Gasteiger partial charge in [-0.1, -0.05) is 205 Å². The van der Waals surface area contributed by atoms with Crippen LogP contribution in [0.4, 0.5) is 0 Å². The molecule has 8 nitrogen and oxygen atoms in total. The van der Waals surface area contributed by atoms with Crippen molar-refractivity contribution in [3.63, 3.8) is 0 Å². The summed E-state index contributed by atoms with van der Waals surface area (Å²) in [4.78, 5) is 43.0. The number of phosphoric ester groups is 1. The molecule has 0 spiro atoms. The van der Waals surface area contributed by atoms with Gasteiger partial charge in [0.2, 0.25) is 0 Å². The van der Waals surface area contributed by atoms with E-state index >= 15 is 0 Å². The van der Waals surface area contributed by atoms with Crippen LogP contribution in [-0.4, -0.2) is 41.0 Å². The molecule has 0 radical (unpaired) electrons. The Balaban J connectivity index is 3.84. The third-order valence-electron chi connectivity index (χ3n) is 10.2. The first-order valence-electron chi connectivity index (χ1n) is 23.1. The topological polar surface area (TPSA) is 119 Å². The molecule has 0 bridgehead atoms. The van der Waals surface area contributed by atoms with Gasteiger partial charge in [-0.3, -0.25) is 14.1 Å². The summed E-state index contributed by atoms with van der Waals surface area (Å²) in [5.74, 6) is -0.877. The van der Waals surface area contributed by atoms with Crippen molar-refractivity contribution < 1.29 is 37.9 Å². The highest BCUT2D eigenvalue weighted by molar-refractivity contribution is 7.46. The van der Waals surface area contributed by atoms with Crippen LogP contribution >= 0.6 is 7.82 Å². The number of ether oxygens (including phenoxy) is 2. The molecule has 1 atom stereocenters. The first-order chi connectivity index (χ1) is 26.8. The quantitative estimate of drug-likeness (QED) is 0.0271. The van der Waals surface area contributed by atoms with Crippen LogP contribution in [0.25, 0.3) is 0 Å². The Morgan fingerprint density at radius 2 is 0.818 bits per heavy atom. The SMILES string of the molecule is CCCCC/C=C\C/C=C\CCCCCCCCCCCC(=O)OC(COC(=O)CCCCCCCCCCCCCCCCCCCC)COP(=O)(O)O. The summed E-state index contributed by atoms with van der Waals surface area (Å²) in [6, 6.07) is 0. The van der Waals surface area contributed by atoms with Crippen LogP contribution in [0.15, 0.2) is 24.3 Å². The van der Waals surface area contributed by atoms with E-state index < -0.39 is 32.5 Å². The molecule has 0 rings (SSSR count). The molecule has 0 aromatic carbocycles. The maximum absolute atomic E-state index is 12.4. The van der Waals surface area contributed by atoms with E-state index in [1.807, 2.05) is 0 Å². The van der Waals surface area contributed by atoms with Crippen molar-refractivity contribution in [3.05, 3.63) is 24.3 Å². The number of rotatable bonds is 43. The first kappa shape index (κ1) is 53.5. The van der Waals surface area contributed by atoms with Crippen molar-refractivity contribution in [2.45, 2.75) is 245 Å². The lowest BCUT2D eigenvalue weighted by molar-refractivity contribution is -0.161. The number of esters is 2. The van der Waals surface area contributed by atoms with E-state index in [1.165, 1.54) is 154 Å². The minimum atomic E-state index is -4.75. The summed E-state index contributed by atoms with van der Waals surface area (Å²) in [6.45, 7) is 3.69. The second-order valence-electron chi connectivity index (χ2n) is 15.7. The van der Waals surface area contributed by atoms with E-state index in [4.69, 9.17) is 19.3 Å².